The standard InChI is InChI=1S/C21H25N5/c1-3-18-7-4-5-8-19(18)16-24-21(22-2)23-15-17-9-11-20(12-10-17)26-14-6-13-25-26/h4-14H,3,15-16H2,1-2H3,(H2,22,23,24). The highest BCUT2D eigenvalue weighted by Crippen LogP contribution is 2.10. The van der Waals surface area contributed by atoms with Crippen LogP contribution in [0, 0.1) is 0 Å². The Hall–Kier alpha value is -3.08. The predicted octanol–water partition coefficient (Wildman–Crippen LogP) is 3.30. The van der Waals surface area contributed by atoms with Crippen molar-refractivity contribution in [1.29, 1.82) is 0 Å². The van der Waals surface area contributed by atoms with Gasteiger partial charge in [-0.25, -0.2) is 4.68 Å². The molecule has 5 nitrogen and oxygen atoms in total. The first kappa shape index (κ1) is 17.7. The molecule has 26 heavy (non-hydrogen) atoms. The van der Waals surface area contributed by atoms with E-state index in [9.17, 15) is 0 Å². The third-order valence-electron chi connectivity index (χ3n) is 4.33. The fraction of sp³-hybridized carbons (Fsp3) is 0.238. The number of guanidine groups is 1. The maximum Gasteiger partial charge on any atom is 0.191 e. The quantitative estimate of drug-likeness (QED) is 0.531. The molecule has 2 N–H and O–H groups in total. The summed E-state index contributed by atoms with van der Waals surface area (Å²) in [6.45, 7) is 3.66. The molecule has 0 bridgehead atoms. The van der Waals surface area contributed by atoms with Crippen molar-refractivity contribution in [3.05, 3.63) is 83.7 Å². The maximum absolute atomic E-state index is 4.31. The van der Waals surface area contributed by atoms with E-state index in [1.165, 1.54) is 16.7 Å². The summed E-state index contributed by atoms with van der Waals surface area (Å²) in [5, 5.41) is 11.0. The molecule has 3 aromatic rings. The van der Waals surface area contributed by atoms with Crippen molar-refractivity contribution in [2.45, 2.75) is 26.4 Å². The number of nitrogens with zero attached hydrogens (tertiary/aromatic N) is 3. The molecule has 0 saturated heterocycles. The van der Waals surface area contributed by atoms with E-state index in [1.807, 2.05) is 16.9 Å². The molecule has 0 unspecified atom stereocenters. The van der Waals surface area contributed by atoms with Gasteiger partial charge in [0.15, 0.2) is 5.96 Å². The van der Waals surface area contributed by atoms with Crippen LogP contribution in [0.4, 0.5) is 0 Å². The molecule has 0 saturated carbocycles. The van der Waals surface area contributed by atoms with Gasteiger partial charge in [0.2, 0.25) is 0 Å². The van der Waals surface area contributed by atoms with Gasteiger partial charge in [0.05, 0.1) is 5.69 Å². The van der Waals surface area contributed by atoms with Crippen LogP contribution in [0.25, 0.3) is 5.69 Å². The molecule has 0 atom stereocenters. The Kier molecular flexibility index (Phi) is 6.04. The first-order valence-corrected chi connectivity index (χ1v) is 8.90. The summed E-state index contributed by atoms with van der Waals surface area (Å²) in [4.78, 5) is 4.31. The monoisotopic (exact) mass is 347 g/mol. The molecule has 0 spiro atoms. The fourth-order valence-electron chi connectivity index (χ4n) is 2.85. The van der Waals surface area contributed by atoms with Crippen LogP contribution in [0.3, 0.4) is 0 Å². The lowest BCUT2D eigenvalue weighted by Crippen LogP contribution is -2.36. The molecule has 0 fully saturated rings. The van der Waals surface area contributed by atoms with Crippen LogP contribution in [-0.4, -0.2) is 22.8 Å². The van der Waals surface area contributed by atoms with Crippen LogP contribution in [-0.2, 0) is 19.5 Å². The lowest BCUT2D eigenvalue weighted by Gasteiger charge is -2.14. The van der Waals surface area contributed by atoms with Gasteiger partial charge in [-0.15, -0.1) is 0 Å². The highest BCUT2D eigenvalue weighted by atomic mass is 15.3. The lowest BCUT2D eigenvalue weighted by atomic mass is 10.1. The molecule has 1 aromatic heterocycles. The van der Waals surface area contributed by atoms with E-state index >= 15 is 0 Å². The summed E-state index contributed by atoms with van der Waals surface area (Å²) in [5.74, 6) is 0.798. The van der Waals surface area contributed by atoms with Gasteiger partial charge in [0.1, 0.15) is 0 Å². The van der Waals surface area contributed by atoms with E-state index < -0.39 is 0 Å². The first-order chi connectivity index (χ1) is 12.8. The minimum atomic E-state index is 0.717. The summed E-state index contributed by atoms with van der Waals surface area (Å²) >= 11 is 0. The summed E-state index contributed by atoms with van der Waals surface area (Å²) in [7, 11) is 1.79. The third-order valence-corrected chi connectivity index (χ3v) is 4.33. The van der Waals surface area contributed by atoms with Crippen molar-refractivity contribution in [2.75, 3.05) is 7.05 Å². The van der Waals surface area contributed by atoms with Crippen LogP contribution in [0.15, 0.2) is 72.0 Å². The van der Waals surface area contributed by atoms with Crippen molar-refractivity contribution in [3.63, 3.8) is 0 Å². The van der Waals surface area contributed by atoms with Gasteiger partial charge in [-0.1, -0.05) is 43.3 Å². The molecule has 0 aliphatic carbocycles. The largest absolute Gasteiger partial charge is 0.352 e. The average molecular weight is 347 g/mol. The smallest absolute Gasteiger partial charge is 0.191 e. The van der Waals surface area contributed by atoms with Crippen molar-refractivity contribution in [3.8, 4) is 5.69 Å². The third kappa shape index (κ3) is 4.51. The topological polar surface area (TPSA) is 54.2 Å². The number of aromatic nitrogens is 2. The van der Waals surface area contributed by atoms with Gasteiger partial charge in [0.25, 0.3) is 0 Å². The predicted molar refractivity (Wildman–Crippen MR) is 106 cm³/mol. The highest BCUT2D eigenvalue weighted by molar-refractivity contribution is 5.79. The normalized spacial score (nSPS) is 11.4. The van der Waals surface area contributed by atoms with Crippen molar-refractivity contribution >= 4 is 5.96 Å². The Morgan fingerprint density at radius 1 is 0.962 bits per heavy atom. The SMILES string of the molecule is CCc1ccccc1CNC(=NC)NCc1ccc(-n2cccn2)cc1. The summed E-state index contributed by atoms with van der Waals surface area (Å²) in [5.41, 5.74) is 4.92. The molecule has 5 heteroatoms. The van der Waals surface area contributed by atoms with Crippen LogP contribution >= 0.6 is 0 Å². The molecule has 1 heterocycles. The van der Waals surface area contributed by atoms with Crippen LogP contribution in [0.2, 0.25) is 0 Å². The van der Waals surface area contributed by atoms with E-state index in [-0.39, 0.29) is 0 Å². The molecule has 134 valence electrons. The Morgan fingerprint density at radius 2 is 1.69 bits per heavy atom. The zero-order valence-corrected chi connectivity index (χ0v) is 15.3. The average Bonchev–Trinajstić information content (AvgIpc) is 3.23. The molecule has 0 aliphatic rings. The fourth-order valence-corrected chi connectivity index (χ4v) is 2.85. The van der Waals surface area contributed by atoms with Gasteiger partial charge in [-0.2, -0.15) is 5.10 Å². The van der Waals surface area contributed by atoms with E-state index in [4.69, 9.17) is 0 Å². The first-order valence-electron chi connectivity index (χ1n) is 8.90. The second kappa shape index (κ2) is 8.85. The number of aliphatic imine (C=N–C) groups is 1. The molecule has 2 aromatic carbocycles. The molecule has 0 amide bonds. The van der Waals surface area contributed by atoms with E-state index in [1.54, 1.807) is 13.2 Å². The van der Waals surface area contributed by atoms with E-state index in [2.05, 4.69) is 76.2 Å². The van der Waals surface area contributed by atoms with Gasteiger partial charge >= 0.3 is 0 Å². The number of benzene rings is 2. The van der Waals surface area contributed by atoms with Crippen LogP contribution in [0.5, 0.6) is 0 Å². The lowest BCUT2D eigenvalue weighted by molar-refractivity contribution is 0.802. The van der Waals surface area contributed by atoms with Crippen molar-refractivity contribution in [1.82, 2.24) is 20.4 Å². The summed E-state index contributed by atoms with van der Waals surface area (Å²) < 4.78 is 1.85. The number of rotatable bonds is 6. The molecule has 0 aliphatic heterocycles. The second-order valence-electron chi connectivity index (χ2n) is 6.02. The second-order valence-corrected chi connectivity index (χ2v) is 6.02. The summed E-state index contributed by atoms with van der Waals surface area (Å²) in [6, 6.07) is 18.8. The minimum absolute atomic E-state index is 0.717. The van der Waals surface area contributed by atoms with Gasteiger partial charge in [-0.05, 0) is 41.3 Å². The Morgan fingerprint density at radius 3 is 2.35 bits per heavy atom. The van der Waals surface area contributed by atoms with Gasteiger partial charge < -0.3 is 10.6 Å². The number of hydrogen-bond donors (Lipinski definition) is 2. The van der Waals surface area contributed by atoms with E-state index in [0.29, 0.717) is 6.54 Å². The maximum atomic E-state index is 4.31. The van der Waals surface area contributed by atoms with Gasteiger partial charge in [0, 0.05) is 32.5 Å². The number of nitrogens with one attached hydrogen (secondary N) is 2. The highest BCUT2D eigenvalue weighted by Gasteiger charge is 2.03. The zero-order valence-electron chi connectivity index (χ0n) is 15.3. The molecular formula is C21H25N5. The van der Waals surface area contributed by atoms with Crippen molar-refractivity contribution in [2.24, 2.45) is 4.99 Å². The molecular weight excluding hydrogens is 322 g/mol. The number of aryl methyl sites for hydroxylation is 1. The Balaban J connectivity index is 1.54. The zero-order chi connectivity index (χ0) is 18.2. The van der Waals surface area contributed by atoms with E-state index in [0.717, 1.165) is 24.6 Å². The van der Waals surface area contributed by atoms with Gasteiger partial charge in [-0.3, -0.25) is 4.99 Å². The van der Waals surface area contributed by atoms with Crippen LogP contribution in [0.1, 0.15) is 23.6 Å². The summed E-state index contributed by atoms with van der Waals surface area (Å²) in [6.07, 6.45) is 4.75. The Bertz CT molecular complexity index is 835. The Labute approximate surface area is 154 Å². The molecule has 0 radical (unpaired) electrons. The number of hydrogen-bond acceptors (Lipinski definition) is 2. The minimum Gasteiger partial charge on any atom is -0.352 e. The van der Waals surface area contributed by atoms with Crippen LogP contribution < -0.4 is 10.6 Å². The molecule has 3 rings (SSSR count). The van der Waals surface area contributed by atoms with Crippen molar-refractivity contribution < 1.29 is 0 Å².